The van der Waals surface area contributed by atoms with Gasteiger partial charge in [0.2, 0.25) is 0 Å². The Morgan fingerprint density at radius 3 is 2.22 bits per heavy atom. The molecule has 0 aromatic heterocycles. The van der Waals surface area contributed by atoms with Crippen LogP contribution in [-0.4, -0.2) is 5.78 Å². The van der Waals surface area contributed by atoms with Gasteiger partial charge < -0.3 is 4.79 Å². The van der Waals surface area contributed by atoms with Crippen LogP contribution in [0.25, 0.3) is 0 Å². The maximum Gasteiger partial charge on any atom is 0.130 e. The minimum absolute atomic E-state index is 0.307. The molecule has 51 valence electrons. The van der Waals surface area contributed by atoms with Crippen molar-refractivity contribution in [2.75, 3.05) is 0 Å². The summed E-state index contributed by atoms with van der Waals surface area (Å²) < 4.78 is 0. The van der Waals surface area contributed by atoms with E-state index in [1.807, 2.05) is 0 Å². The molecule has 1 saturated carbocycles. The van der Waals surface area contributed by atoms with E-state index in [9.17, 15) is 4.79 Å². The van der Waals surface area contributed by atoms with Crippen molar-refractivity contribution in [1.29, 1.82) is 0 Å². The van der Waals surface area contributed by atoms with Crippen molar-refractivity contribution in [2.45, 2.75) is 27.2 Å². The second kappa shape index (κ2) is 1.83. The van der Waals surface area contributed by atoms with E-state index in [2.05, 4.69) is 20.3 Å². The lowest BCUT2D eigenvalue weighted by atomic mass is 10.1. The van der Waals surface area contributed by atoms with Crippen LogP contribution in [0.1, 0.15) is 27.2 Å². The minimum atomic E-state index is 0.307. The molecule has 0 N–H and O–H groups in total. The molecular formula is C8H13O. The Morgan fingerprint density at radius 2 is 2.11 bits per heavy atom. The average Bonchev–Trinajstić information content (AvgIpc) is 2.10. The molecule has 1 aliphatic rings. The molecule has 0 amide bonds. The second-order valence-corrected chi connectivity index (χ2v) is 3.50. The van der Waals surface area contributed by atoms with E-state index in [1.54, 1.807) is 6.92 Å². The van der Waals surface area contributed by atoms with Gasteiger partial charge in [-0.2, -0.15) is 0 Å². The van der Waals surface area contributed by atoms with Crippen molar-refractivity contribution in [3.05, 3.63) is 6.42 Å². The summed E-state index contributed by atoms with van der Waals surface area (Å²) in [6.07, 6.45) is 2.97. The van der Waals surface area contributed by atoms with Crippen molar-refractivity contribution >= 4 is 5.78 Å². The number of hydrogen-bond donors (Lipinski definition) is 0. The van der Waals surface area contributed by atoms with Crippen LogP contribution in [-0.2, 0) is 4.79 Å². The van der Waals surface area contributed by atoms with Crippen LogP contribution in [0.2, 0.25) is 0 Å². The zero-order valence-corrected chi connectivity index (χ0v) is 6.27. The molecule has 1 aliphatic carbocycles. The maximum absolute atomic E-state index is 10.6. The molecule has 0 heterocycles. The van der Waals surface area contributed by atoms with E-state index >= 15 is 0 Å². The molecule has 1 atom stereocenters. The molecule has 1 fully saturated rings. The normalized spacial score (nSPS) is 29.9. The Labute approximate surface area is 56.4 Å². The Balaban J connectivity index is 2.28. The summed E-state index contributed by atoms with van der Waals surface area (Å²) in [6, 6.07) is 0. The predicted octanol–water partition coefficient (Wildman–Crippen LogP) is 1.83. The van der Waals surface area contributed by atoms with Gasteiger partial charge in [-0.25, -0.2) is 0 Å². The molecule has 0 spiro atoms. The summed E-state index contributed by atoms with van der Waals surface area (Å²) in [5.41, 5.74) is 0.353. The summed E-state index contributed by atoms with van der Waals surface area (Å²) in [6.45, 7) is 5.99. The molecule has 1 unspecified atom stereocenters. The zero-order chi connectivity index (χ0) is 7.07. The van der Waals surface area contributed by atoms with Gasteiger partial charge in [-0.05, 0) is 24.7 Å². The third kappa shape index (κ3) is 1.54. The number of carbonyl (C=O) groups is 1. The second-order valence-electron chi connectivity index (χ2n) is 3.50. The van der Waals surface area contributed by atoms with Crippen LogP contribution in [0, 0.1) is 17.8 Å². The first-order chi connectivity index (χ1) is 4.02. The molecule has 0 bridgehead atoms. The fraction of sp³-hybridized carbons (Fsp3) is 0.750. The molecule has 0 aromatic rings. The van der Waals surface area contributed by atoms with Gasteiger partial charge in [0.05, 0.1) is 0 Å². The molecule has 1 nitrogen and oxygen atoms in total. The first-order valence-corrected chi connectivity index (χ1v) is 3.38. The number of Topliss-reactive ketones (excluding diaryl/α,β-unsaturated/α-hetero) is 1. The van der Waals surface area contributed by atoms with Crippen molar-refractivity contribution in [2.24, 2.45) is 11.3 Å². The van der Waals surface area contributed by atoms with E-state index in [-0.39, 0.29) is 0 Å². The highest BCUT2D eigenvalue weighted by Gasteiger charge is 2.45. The molecule has 9 heavy (non-hydrogen) atoms. The molecule has 0 saturated heterocycles. The van der Waals surface area contributed by atoms with Gasteiger partial charge in [-0.15, -0.1) is 0 Å². The van der Waals surface area contributed by atoms with Gasteiger partial charge >= 0.3 is 0 Å². The summed E-state index contributed by atoms with van der Waals surface area (Å²) in [4.78, 5) is 10.6. The SMILES string of the molecule is CC(=O)CC1[CH]C1(C)C. The van der Waals surface area contributed by atoms with Gasteiger partial charge in [0.1, 0.15) is 5.78 Å². The minimum Gasteiger partial charge on any atom is -0.300 e. The summed E-state index contributed by atoms with van der Waals surface area (Å²) in [5, 5.41) is 0. The van der Waals surface area contributed by atoms with Crippen LogP contribution in [0.5, 0.6) is 0 Å². The Bertz CT molecular complexity index is 136. The summed E-state index contributed by atoms with van der Waals surface area (Å²) in [7, 11) is 0. The molecule has 1 heteroatoms. The van der Waals surface area contributed by atoms with Crippen LogP contribution >= 0.6 is 0 Å². The van der Waals surface area contributed by atoms with E-state index in [1.165, 1.54) is 0 Å². The van der Waals surface area contributed by atoms with Crippen molar-refractivity contribution in [3.63, 3.8) is 0 Å². The molecular weight excluding hydrogens is 112 g/mol. The quantitative estimate of drug-likeness (QED) is 0.550. The van der Waals surface area contributed by atoms with Crippen molar-refractivity contribution in [3.8, 4) is 0 Å². The molecule has 1 rings (SSSR count). The third-order valence-electron chi connectivity index (χ3n) is 1.98. The average molecular weight is 125 g/mol. The van der Waals surface area contributed by atoms with Gasteiger partial charge in [0.25, 0.3) is 0 Å². The number of rotatable bonds is 2. The standard InChI is InChI=1S/C8H13O/c1-6(9)4-7-5-8(7,2)3/h5,7H,4H2,1-3H3. The van der Waals surface area contributed by atoms with Gasteiger partial charge in [-0.1, -0.05) is 13.8 Å². The first kappa shape index (κ1) is 6.79. The highest BCUT2D eigenvalue weighted by molar-refractivity contribution is 5.76. The van der Waals surface area contributed by atoms with Gasteiger partial charge in [0, 0.05) is 6.42 Å². The maximum atomic E-state index is 10.6. The van der Waals surface area contributed by atoms with E-state index in [0.29, 0.717) is 17.1 Å². The van der Waals surface area contributed by atoms with Crippen molar-refractivity contribution < 1.29 is 4.79 Å². The highest BCUT2D eigenvalue weighted by atomic mass is 16.1. The fourth-order valence-corrected chi connectivity index (χ4v) is 1.10. The molecule has 0 aromatic carbocycles. The van der Waals surface area contributed by atoms with Crippen LogP contribution < -0.4 is 0 Å². The largest absolute Gasteiger partial charge is 0.300 e. The summed E-state index contributed by atoms with van der Waals surface area (Å²) >= 11 is 0. The van der Waals surface area contributed by atoms with Crippen LogP contribution in [0.4, 0.5) is 0 Å². The van der Waals surface area contributed by atoms with Crippen LogP contribution in [0.15, 0.2) is 0 Å². The Hall–Kier alpha value is -0.330. The lowest BCUT2D eigenvalue weighted by Crippen LogP contribution is -1.96. The Morgan fingerprint density at radius 1 is 1.67 bits per heavy atom. The monoisotopic (exact) mass is 125 g/mol. The summed E-state index contributed by atoms with van der Waals surface area (Å²) in [5.74, 6) is 0.872. The molecule has 0 aliphatic heterocycles. The van der Waals surface area contributed by atoms with Crippen LogP contribution in [0.3, 0.4) is 0 Å². The number of ketones is 1. The van der Waals surface area contributed by atoms with E-state index < -0.39 is 0 Å². The molecule has 1 radical (unpaired) electrons. The lowest BCUT2D eigenvalue weighted by molar-refractivity contribution is -0.117. The van der Waals surface area contributed by atoms with E-state index in [0.717, 1.165) is 6.42 Å². The Kier molecular flexibility index (Phi) is 1.38. The fourth-order valence-electron chi connectivity index (χ4n) is 1.10. The first-order valence-electron chi connectivity index (χ1n) is 3.38. The van der Waals surface area contributed by atoms with Gasteiger partial charge in [0.15, 0.2) is 0 Å². The predicted molar refractivity (Wildman–Crippen MR) is 36.9 cm³/mol. The number of hydrogen-bond acceptors (Lipinski definition) is 1. The van der Waals surface area contributed by atoms with Gasteiger partial charge in [-0.3, -0.25) is 0 Å². The smallest absolute Gasteiger partial charge is 0.130 e. The number of carbonyl (C=O) groups excluding carboxylic acids is 1. The lowest BCUT2D eigenvalue weighted by Gasteiger charge is -1.97. The zero-order valence-electron chi connectivity index (χ0n) is 6.27. The highest BCUT2D eigenvalue weighted by Crippen LogP contribution is 2.52. The third-order valence-corrected chi connectivity index (χ3v) is 1.98. The topological polar surface area (TPSA) is 17.1 Å². The van der Waals surface area contributed by atoms with Crippen molar-refractivity contribution in [1.82, 2.24) is 0 Å². The van der Waals surface area contributed by atoms with E-state index in [4.69, 9.17) is 0 Å².